The van der Waals surface area contributed by atoms with Gasteiger partial charge in [-0.2, -0.15) is 0 Å². The normalized spacial score (nSPS) is 11.5. The van der Waals surface area contributed by atoms with Gasteiger partial charge in [0.05, 0.1) is 12.2 Å². The second kappa shape index (κ2) is 9.22. The lowest BCUT2D eigenvalue weighted by molar-refractivity contribution is -0.122. The van der Waals surface area contributed by atoms with E-state index in [1.165, 1.54) is 0 Å². The van der Waals surface area contributed by atoms with E-state index in [4.69, 9.17) is 9.47 Å². The van der Waals surface area contributed by atoms with Gasteiger partial charge in [-0.15, -0.1) is 0 Å². The van der Waals surface area contributed by atoms with Crippen LogP contribution in [0.3, 0.4) is 0 Å². The van der Waals surface area contributed by atoms with Gasteiger partial charge in [0.25, 0.3) is 5.91 Å². The lowest BCUT2D eigenvalue weighted by Crippen LogP contribution is -2.30. The Balaban J connectivity index is 1.92. The van der Waals surface area contributed by atoms with Crippen molar-refractivity contribution in [1.29, 1.82) is 0 Å². The zero-order valence-electron chi connectivity index (χ0n) is 14.1. The number of hydrogen-bond donors (Lipinski definition) is 1. The minimum atomic E-state index is -0.663. The molecule has 2 rings (SSSR count). The summed E-state index contributed by atoms with van der Waals surface area (Å²) < 4.78 is 11.6. The van der Waals surface area contributed by atoms with Crippen LogP contribution >= 0.6 is 15.9 Å². The molecule has 0 aliphatic heterocycles. The van der Waals surface area contributed by atoms with Crippen molar-refractivity contribution in [3.8, 4) is 5.75 Å². The highest BCUT2D eigenvalue weighted by Crippen LogP contribution is 2.19. The lowest BCUT2D eigenvalue weighted by Gasteiger charge is -2.15. The van der Waals surface area contributed by atoms with Gasteiger partial charge in [0.2, 0.25) is 0 Å². The van der Waals surface area contributed by atoms with E-state index in [9.17, 15) is 9.59 Å². The summed E-state index contributed by atoms with van der Waals surface area (Å²) in [6, 6.07) is 13.8. The van der Waals surface area contributed by atoms with Crippen molar-refractivity contribution in [3.63, 3.8) is 0 Å². The zero-order valence-corrected chi connectivity index (χ0v) is 15.7. The number of esters is 1. The number of rotatable bonds is 7. The van der Waals surface area contributed by atoms with Gasteiger partial charge in [0.15, 0.2) is 6.10 Å². The maximum Gasteiger partial charge on any atom is 0.338 e. The molecule has 5 nitrogen and oxygen atoms in total. The topological polar surface area (TPSA) is 64.6 Å². The second-order valence-corrected chi connectivity index (χ2v) is 6.34. The van der Waals surface area contributed by atoms with Crippen LogP contribution < -0.4 is 10.1 Å². The highest BCUT2D eigenvalue weighted by molar-refractivity contribution is 9.10. The van der Waals surface area contributed by atoms with Gasteiger partial charge in [-0.1, -0.05) is 28.9 Å². The minimum Gasteiger partial charge on any atom is -0.481 e. The number of ether oxygens (including phenoxy) is 2. The summed E-state index contributed by atoms with van der Waals surface area (Å²) in [5.74, 6) is -0.0431. The molecule has 1 amide bonds. The van der Waals surface area contributed by atoms with E-state index in [1.54, 1.807) is 43.3 Å². The fraction of sp³-hybridized carbons (Fsp3) is 0.263. The number of carbonyl (C=O) groups excluding carboxylic acids is 2. The third-order valence-electron chi connectivity index (χ3n) is 3.30. The molecule has 1 N–H and O–H groups in total. The van der Waals surface area contributed by atoms with Gasteiger partial charge >= 0.3 is 5.97 Å². The van der Waals surface area contributed by atoms with Crippen molar-refractivity contribution >= 4 is 33.5 Å². The van der Waals surface area contributed by atoms with Crippen LogP contribution in [0.4, 0.5) is 5.69 Å². The summed E-state index contributed by atoms with van der Waals surface area (Å²) in [7, 11) is 0. The van der Waals surface area contributed by atoms with E-state index in [2.05, 4.69) is 21.2 Å². The van der Waals surface area contributed by atoms with E-state index >= 15 is 0 Å². The van der Waals surface area contributed by atoms with Crippen LogP contribution in [-0.2, 0) is 9.53 Å². The lowest BCUT2D eigenvalue weighted by atomic mass is 10.2. The largest absolute Gasteiger partial charge is 0.481 e. The smallest absolute Gasteiger partial charge is 0.338 e. The molecule has 0 unspecified atom stereocenters. The Morgan fingerprint density at radius 3 is 2.52 bits per heavy atom. The van der Waals surface area contributed by atoms with Crippen LogP contribution in [0.15, 0.2) is 53.0 Å². The number of hydrogen-bond acceptors (Lipinski definition) is 4. The van der Waals surface area contributed by atoms with Gasteiger partial charge in [0.1, 0.15) is 5.75 Å². The van der Waals surface area contributed by atoms with Crippen molar-refractivity contribution in [2.24, 2.45) is 0 Å². The first kappa shape index (κ1) is 19.0. The zero-order chi connectivity index (χ0) is 18.2. The Labute approximate surface area is 155 Å². The molecule has 0 spiro atoms. The maximum atomic E-state index is 12.2. The van der Waals surface area contributed by atoms with Crippen LogP contribution in [0.2, 0.25) is 0 Å². The van der Waals surface area contributed by atoms with Crippen LogP contribution in [0.5, 0.6) is 5.75 Å². The predicted molar refractivity (Wildman–Crippen MR) is 99.9 cm³/mol. The third kappa shape index (κ3) is 5.90. The molecule has 0 fully saturated rings. The van der Waals surface area contributed by atoms with Gasteiger partial charge < -0.3 is 14.8 Å². The maximum absolute atomic E-state index is 12.2. The first-order valence-corrected chi connectivity index (χ1v) is 8.79. The molecule has 132 valence electrons. The SMILES string of the molecule is CCCOC(=O)c1ccc(NC(=O)[C@@H](C)Oc2cccc(Br)c2)cc1. The summed E-state index contributed by atoms with van der Waals surface area (Å²) in [4.78, 5) is 24.0. The Morgan fingerprint density at radius 1 is 1.16 bits per heavy atom. The Morgan fingerprint density at radius 2 is 1.88 bits per heavy atom. The summed E-state index contributed by atoms with van der Waals surface area (Å²) in [5.41, 5.74) is 1.03. The van der Waals surface area contributed by atoms with Gasteiger partial charge in [0, 0.05) is 10.2 Å². The average molecular weight is 406 g/mol. The van der Waals surface area contributed by atoms with Crippen molar-refractivity contribution in [2.75, 3.05) is 11.9 Å². The summed E-state index contributed by atoms with van der Waals surface area (Å²) in [6.07, 6.45) is 0.110. The molecule has 1 atom stereocenters. The molecule has 2 aromatic rings. The minimum absolute atomic E-state index is 0.277. The molecule has 6 heteroatoms. The fourth-order valence-corrected chi connectivity index (χ4v) is 2.39. The Bertz CT molecular complexity index is 730. The predicted octanol–water partition coefficient (Wildman–Crippen LogP) is 4.42. The van der Waals surface area contributed by atoms with Crippen molar-refractivity contribution in [1.82, 2.24) is 0 Å². The number of halogens is 1. The number of benzene rings is 2. The van der Waals surface area contributed by atoms with Gasteiger partial charge in [-0.25, -0.2) is 4.79 Å². The quantitative estimate of drug-likeness (QED) is 0.692. The van der Waals surface area contributed by atoms with Crippen LogP contribution in [-0.4, -0.2) is 24.6 Å². The van der Waals surface area contributed by atoms with Crippen molar-refractivity contribution < 1.29 is 19.1 Å². The van der Waals surface area contributed by atoms with Crippen LogP contribution in [0.25, 0.3) is 0 Å². The monoisotopic (exact) mass is 405 g/mol. The van der Waals surface area contributed by atoms with Crippen LogP contribution in [0.1, 0.15) is 30.6 Å². The van der Waals surface area contributed by atoms with E-state index in [0.29, 0.717) is 23.6 Å². The van der Waals surface area contributed by atoms with Crippen LogP contribution in [0, 0.1) is 0 Å². The molecule has 0 saturated heterocycles. The molecular weight excluding hydrogens is 386 g/mol. The number of amides is 1. The summed E-state index contributed by atoms with van der Waals surface area (Å²) in [6.45, 7) is 4.00. The Hall–Kier alpha value is -2.34. The average Bonchev–Trinajstić information content (AvgIpc) is 2.60. The first-order valence-electron chi connectivity index (χ1n) is 8.00. The molecule has 0 saturated carbocycles. The second-order valence-electron chi connectivity index (χ2n) is 5.42. The fourth-order valence-electron chi connectivity index (χ4n) is 2.01. The van der Waals surface area contributed by atoms with E-state index < -0.39 is 6.10 Å². The number of carbonyl (C=O) groups is 2. The van der Waals surface area contributed by atoms with Crippen molar-refractivity contribution in [2.45, 2.75) is 26.4 Å². The van der Waals surface area contributed by atoms with Crippen molar-refractivity contribution in [3.05, 3.63) is 58.6 Å². The van der Waals surface area contributed by atoms with E-state index in [-0.39, 0.29) is 11.9 Å². The number of anilines is 1. The third-order valence-corrected chi connectivity index (χ3v) is 3.80. The summed E-state index contributed by atoms with van der Waals surface area (Å²) >= 11 is 3.36. The number of nitrogens with one attached hydrogen (secondary N) is 1. The molecule has 0 aromatic heterocycles. The highest BCUT2D eigenvalue weighted by atomic mass is 79.9. The Kier molecular flexibility index (Phi) is 7.01. The van der Waals surface area contributed by atoms with E-state index in [1.807, 2.05) is 19.1 Å². The molecular formula is C19H20BrNO4. The molecule has 2 aromatic carbocycles. The highest BCUT2D eigenvalue weighted by Gasteiger charge is 2.15. The molecule has 0 heterocycles. The first-order chi connectivity index (χ1) is 12.0. The standard InChI is InChI=1S/C19H20BrNO4/c1-3-11-24-19(23)14-7-9-16(10-8-14)21-18(22)13(2)25-17-6-4-5-15(20)12-17/h4-10,12-13H,3,11H2,1-2H3,(H,21,22)/t13-/m1/s1. The summed E-state index contributed by atoms with van der Waals surface area (Å²) in [5, 5.41) is 2.76. The molecule has 0 radical (unpaired) electrons. The molecule has 0 bridgehead atoms. The molecule has 0 aliphatic carbocycles. The van der Waals surface area contributed by atoms with Gasteiger partial charge in [-0.3, -0.25) is 4.79 Å². The van der Waals surface area contributed by atoms with E-state index in [0.717, 1.165) is 10.9 Å². The van der Waals surface area contributed by atoms with Gasteiger partial charge in [-0.05, 0) is 55.8 Å². The molecule has 25 heavy (non-hydrogen) atoms. The molecule has 0 aliphatic rings.